The van der Waals surface area contributed by atoms with Crippen molar-refractivity contribution >= 4 is 5.91 Å². The van der Waals surface area contributed by atoms with Gasteiger partial charge in [0, 0.05) is 67.5 Å². The number of carbonyl (C=O) groups excluding carboxylic acids is 1. The van der Waals surface area contributed by atoms with Gasteiger partial charge in [0.15, 0.2) is 0 Å². The molecule has 4 aromatic rings. The van der Waals surface area contributed by atoms with Gasteiger partial charge in [0.1, 0.15) is 11.5 Å². The first-order valence-corrected chi connectivity index (χ1v) is 11.9. The average molecular weight is 453 g/mol. The van der Waals surface area contributed by atoms with Crippen molar-refractivity contribution in [2.75, 3.05) is 13.1 Å². The zero-order valence-electron chi connectivity index (χ0n) is 19.4. The van der Waals surface area contributed by atoms with Crippen LogP contribution < -0.4 is 0 Å². The van der Waals surface area contributed by atoms with Crippen molar-refractivity contribution in [1.82, 2.24) is 29.6 Å². The highest BCUT2D eigenvalue weighted by molar-refractivity contribution is 5.94. The summed E-state index contributed by atoms with van der Waals surface area (Å²) in [5.41, 5.74) is 5.43. The summed E-state index contributed by atoms with van der Waals surface area (Å²) in [7, 11) is 0. The number of likely N-dealkylation sites (tertiary alicyclic amines) is 1. The van der Waals surface area contributed by atoms with Crippen LogP contribution in [-0.4, -0.2) is 48.6 Å². The number of amides is 1. The molecule has 7 nitrogen and oxygen atoms in total. The minimum atomic E-state index is 0.125. The molecule has 1 aliphatic heterocycles. The Morgan fingerprint density at radius 3 is 2.56 bits per heavy atom. The van der Waals surface area contributed by atoms with Crippen LogP contribution in [0.4, 0.5) is 0 Å². The predicted octanol–water partition coefficient (Wildman–Crippen LogP) is 4.64. The Bertz CT molecular complexity index is 1260. The van der Waals surface area contributed by atoms with E-state index < -0.39 is 0 Å². The summed E-state index contributed by atoms with van der Waals surface area (Å²) in [6, 6.07) is 13.7. The molecular weight excluding hydrogens is 424 g/mol. The molecule has 1 aliphatic rings. The van der Waals surface area contributed by atoms with Gasteiger partial charge in [-0.25, -0.2) is 9.97 Å². The molecule has 0 saturated carbocycles. The molecule has 0 bridgehead atoms. The number of hydrogen-bond acceptors (Lipinski definition) is 5. The highest BCUT2D eigenvalue weighted by atomic mass is 16.2. The van der Waals surface area contributed by atoms with Crippen LogP contribution in [0.3, 0.4) is 0 Å². The van der Waals surface area contributed by atoms with Crippen LogP contribution in [0, 0.1) is 0 Å². The first-order chi connectivity index (χ1) is 16.7. The van der Waals surface area contributed by atoms with Crippen LogP contribution in [0.5, 0.6) is 0 Å². The molecule has 3 aromatic heterocycles. The van der Waals surface area contributed by atoms with Gasteiger partial charge in [0.2, 0.25) is 0 Å². The second-order valence-electron chi connectivity index (χ2n) is 8.57. The molecule has 34 heavy (non-hydrogen) atoms. The van der Waals surface area contributed by atoms with Gasteiger partial charge in [-0.05, 0) is 62.1 Å². The fourth-order valence-electron chi connectivity index (χ4n) is 4.35. The lowest BCUT2D eigenvalue weighted by atomic mass is 10.1. The van der Waals surface area contributed by atoms with E-state index in [0.29, 0.717) is 6.42 Å². The Morgan fingerprint density at radius 2 is 1.82 bits per heavy atom. The molecule has 0 atom stereocenters. The largest absolute Gasteiger partial charge is 0.339 e. The minimum Gasteiger partial charge on any atom is -0.339 e. The molecule has 0 aliphatic carbocycles. The van der Waals surface area contributed by atoms with Gasteiger partial charge in [-0.1, -0.05) is 12.1 Å². The van der Waals surface area contributed by atoms with Crippen molar-refractivity contribution in [3.63, 3.8) is 0 Å². The molecule has 0 radical (unpaired) electrons. The molecule has 1 aromatic carbocycles. The topological polar surface area (TPSA) is 76.8 Å². The van der Waals surface area contributed by atoms with Crippen LogP contribution in [0.15, 0.2) is 67.3 Å². The highest BCUT2D eigenvalue weighted by Crippen LogP contribution is 2.29. The Labute approximate surface area is 199 Å². The smallest absolute Gasteiger partial charge is 0.253 e. The van der Waals surface area contributed by atoms with E-state index in [0.717, 1.165) is 71.9 Å². The lowest BCUT2D eigenvalue weighted by molar-refractivity contribution is 0.0724. The van der Waals surface area contributed by atoms with E-state index in [1.54, 1.807) is 12.4 Å². The van der Waals surface area contributed by atoms with Crippen molar-refractivity contribution in [3.8, 4) is 22.5 Å². The zero-order valence-corrected chi connectivity index (χ0v) is 19.4. The zero-order chi connectivity index (χ0) is 23.3. The van der Waals surface area contributed by atoms with Crippen molar-refractivity contribution in [3.05, 3.63) is 84.2 Å². The molecular formula is C27H28N6O. The summed E-state index contributed by atoms with van der Waals surface area (Å²) < 4.78 is 1.91. The Hall–Kier alpha value is -3.87. The predicted molar refractivity (Wildman–Crippen MR) is 131 cm³/mol. The number of aryl methyl sites for hydroxylation is 1. The van der Waals surface area contributed by atoms with E-state index in [9.17, 15) is 4.79 Å². The van der Waals surface area contributed by atoms with E-state index in [1.165, 1.54) is 6.42 Å². The molecule has 4 heterocycles. The van der Waals surface area contributed by atoms with Crippen LogP contribution in [-0.2, 0) is 13.0 Å². The molecule has 172 valence electrons. The second-order valence-corrected chi connectivity index (χ2v) is 8.57. The fourth-order valence-corrected chi connectivity index (χ4v) is 4.35. The normalized spacial score (nSPS) is 13.7. The van der Waals surface area contributed by atoms with E-state index in [4.69, 9.17) is 10.1 Å². The SMILES string of the molecule is CCn1cc(-c2ccnc(Cc3ccc(C(=O)N4CCCCC4)cc3)n2)c(-c2cccnc2)n1. The lowest BCUT2D eigenvalue weighted by Gasteiger charge is -2.26. The van der Waals surface area contributed by atoms with E-state index in [2.05, 4.69) is 16.9 Å². The molecule has 0 unspecified atom stereocenters. The first kappa shape index (κ1) is 21.9. The van der Waals surface area contributed by atoms with Gasteiger partial charge >= 0.3 is 0 Å². The van der Waals surface area contributed by atoms with Gasteiger partial charge in [0.25, 0.3) is 5.91 Å². The summed E-state index contributed by atoms with van der Waals surface area (Å²) >= 11 is 0. The maximum absolute atomic E-state index is 12.7. The van der Waals surface area contributed by atoms with Crippen molar-refractivity contribution in [1.29, 1.82) is 0 Å². The maximum Gasteiger partial charge on any atom is 0.253 e. The number of nitrogens with zero attached hydrogens (tertiary/aromatic N) is 6. The third-order valence-corrected chi connectivity index (χ3v) is 6.21. The number of carbonyl (C=O) groups is 1. The molecule has 0 spiro atoms. The lowest BCUT2D eigenvalue weighted by Crippen LogP contribution is -2.35. The van der Waals surface area contributed by atoms with Crippen molar-refractivity contribution < 1.29 is 4.79 Å². The van der Waals surface area contributed by atoms with Gasteiger partial charge in [-0.15, -0.1) is 0 Å². The summed E-state index contributed by atoms with van der Waals surface area (Å²) in [6.07, 6.45) is 11.4. The van der Waals surface area contributed by atoms with Crippen LogP contribution >= 0.6 is 0 Å². The second kappa shape index (κ2) is 9.95. The summed E-state index contributed by atoms with van der Waals surface area (Å²) in [6.45, 7) is 4.55. The van der Waals surface area contributed by atoms with E-state index >= 15 is 0 Å². The number of rotatable bonds is 6. The monoisotopic (exact) mass is 452 g/mol. The summed E-state index contributed by atoms with van der Waals surface area (Å²) in [5, 5.41) is 4.73. The van der Waals surface area contributed by atoms with Crippen LogP contribution in [0.2, 0.25) is 0 Å². The Kier molecular flexibility index (Phi) is 6.42. The quantitative estimate of drug-likeness (QED) is 0.426. The number of pyridine rings is 1. The van der Waals surface area contributed by atoms with Gasteiger partial charge in [-0.2, -0.15) is 5.10 Å². The fraction of sp³-hybridized carbons (Fsp3) is 0.296. The molecule has 7 heteroatoms. The number of aromatic nitrogens is 5. The molecule has 5 rings (SSSR count). The molecule has 0 N–H and O–H groups in total. The maximum atomic E-state index is 12.7. The standard InChI is InChI=1S/C27H28N6O/c1-2-33-19-23(26(31-33)22-7-6-13-28-18-22)24-12-14-29-25(30-24)17-20-8-10-21(11-9-20)27(34)32-15-4-3-5-16-32/h6-14,18-19H,2-5,15-17H2,1H3. The van der Waals surface area contributed by atoms with Crippen LogP contribution in [0.25, 0.3) is 22.5 Å². The first-order valence-electron chi connectivity index (χ1n) is 11.9. The number of hydrogen-bond donors (Lipinski definition) is 0. The average Bonchev–Trinajstić information content (AvgIpc) is 3.35. The summed E-state index contributed by atoms with van der Waals surface area (Å²) in [4.78, 5) is 28.3. The van der Waals surface area contributed by atoms with Crippen LogP contribution in [0.1, 0.15) is 47.9 Å². The molecule has 1 amide bonds. The van der Waals surface area contributed by atoms with Crippen molar-refractivity contribution in [2.45, 2.75) is 39.2 Å². The number of piperidine rings is 1. The Morgan fingerprint density at radius 1 is 1.00 bits per heavy atom. The van der Waals surface area contributed by atoms with E-state index in [-0.39, 0.29) is 5.91 Å². The van der Waals surface area contributed by atoms with Gasteiger partial charge < -0.3 is 4.90 Å². The van der Waals surface area contributed by atoms with E-state index in [1.807, 2.05) is 64.4 Å². The summed E-state index contributed by atoms with van der Waals surface area (Å²) in [5.74, 6) is 0.856. The van der Waals surface area contributed by atoms with Gasteiger partial charge in [-0.3, -0.25) is 14.5 Å². The molecule has 1 saturated heterocycles. The third kappa shape index (κ3) is 4.73. The Balaban J connectivity index is 1.36. The molecule has 1 fully saturated rings. The minimum absolute atomic E-state index is 0.125. The number of benzene rings is 1. The van der Waals surface area contributed by atoms with Gasteiger partial charge in [0.05, 0.1) is 5.69 Å². The van der Waals surface area contributed by atoms with Crippen molar-refractivity contribution in [2.24, 2.45) is 0 Å². The third-order valence-electron chi connectivity index (χ3n) is 6.21. The highest BCUT2D eigenvalue weighted by Gasteiger charge is 2.18.